The molecule has 4 rings (SSSR count). The SMILES string of the molecule is CO[C@H]1O[C@@H]2COC(c3ccccc3)O[C@H]2/C(=C/F)[C@H]1OC(=O)c1ccccc1. The Morgan fingerprint density at radius 3 is 2.41 bits per heavy atom. The lowest BCUT2D eigenvalue weighted by Gasteiger charge is -2.45. The number of fused-ring (bicyclic) bond motifs is 1. The zero-order valence-electron chi connectivity index (χ0n) is 15.8. The molecule has 29 heavy (non-hydrogen) atoms. The third-order valence-corrected chi connectivity index (χ3v) is 4.91. The van der Waals surface area contributed by atoms with E-state index in [-0.39, 0.29) is 12.2 Å². The number of esters is 1. The molecule has 2 aliphatic rings. The average Bonchev–Trinajstić information content (AvgIpc) is 2.79. The van der Waals surface area contributed by atoms with Crippen LogP contribution in [0.3, 0.4) is 0 Å². The molecule has 0 aliphatic carbocycles. The zero-order chi connectivity index (χ0) is 20.2. The lowest BCUT2D eigenvalue weighted by molar-refractivity contribution is -0.314. The molecule has 0 N–H and O–H groups in total. The average molecular weight is 400 g/mol. The van der Waals surface area contributed by atoms with Crippen LogP contribution in [0.4, 0.5) is 4.39 Å². The number of methoxy groups -OCH3 is 1. The van der Waals surface area contributed by atoms with Gasteiger partial charge in [-0.05, 0) is 12.1 Å². The van der Waals surface area contributed by atoms with Gasteiger partial charge >= 0.3 is 5.97 Å². The second kappa shape index (κ2) is 8.84. The van der Waals surface area contributed by atoms with Crippen molar-refractivity contribution in [2.45, 2.75) is 30.9 Å². The highest BCUT2D eigenvalue weighted by atomic mass is 19.1. The third kappa shape index (κ3) is 4.09. The molecule has 6 nitrogen and oxygen atoms in total. The third-order valence-electron chi connectivity index (χ3n) is 4.91. The molecule has 2 heterocycles. The summed E-state index contributed by atoms with van der Waals surface area (Å²) in [5, 5.41) is 0. The van der Waals surface area contributed by atoms with Gasteiger partial charge in [0.1, 0.15) is 12.2 Å². The molecule has 2 fully saturated rings. The van der Waals surface area contributed by atoms with E-state index < -0.39 is 36.9 Å². The van der Waals surface area contributed by atoms with Crippen molar-refractivity contribution in [1.29, 1.82) is 0 Å². The highest BCUT2D eigenvalue weighted by molar-refractivity contribution is 5.89. The van der Waals surface area contributed by atoms with Crippen molar-refractivity contribution in [2.75, 3.05) is 13.7 Å². The molecular formula is C22H21FO6. The van der Waals surface area contributed by atoms with Crippen molar-refractivity contribution >= 4 is 5.97 Å². The number of rotatable bonds is 4. The summed E-state index contributed by atoms with van der Waals surface area (Å²) in [6.07, 6.45) is -3.71. The highest BCUT2D eigenvalue weighted by Crippen LogP contribution is 2.38. The van der Waals surface area contributed by atoms with Crippen LogP contribution in [0.25, 0.3) is 0 Å². The minimum Gasteiger partial charge on any atom is -0.449 e. The molecule has 7 heteroatoms. The number of halogens is 1. The number of hydrogen-bond donors (Lipinski definition) is 0. The topological polar surface area (TPSA) is 63.2 Å². The van der Waals surface area contributed by atoms with Gasteiger partial charge in [0.05, 0.1) is 18.5 Å². The quantitative estimate of drug-likeness (QED) is 0.732. The summed E-state index contributed by atoms with van der Waals surface area (Å²) >= 11 is 0. The molecule has 0 spiro atoms. The predicted octanol–water partition coefficient (Wildman–Crippen LogP) is 3.55. The maximum absolute atomic E-state index is 14.0. The molecule has 2 aromatic rings. The van der Waals surface area contributed by atoms with Crippen molar-refractivity contribution in [3.8, 4) is 0 Å². The van der Waals surface area contributed by atoms with Gasteiger partial charge in [0.2, 0.25) is 0 Å². The molecule has 0 aromatic heterocycles. The Kier molecular flexibility index (Phi) is 6.01. The molecule has 152 valence electrons. The van der Waals surface area contributed by atoms with E-state index in [0.717, 1.165) is 5.56 Å². The standard InChI is InChI=1S/C22H21FO6/c1-25-22-19(28-20(24)14-8-4-2-5-9-14)16(12-23)18-17(27-22)13-26-21(29-18)15-10-6-3-7-11-15/h2-12,17-19,21-22H,13H2,1H3/b16-12-/t17-,18+,19-,21?,22+/m1/s1. The second-order valence-electron chi connectivity index (χ2n) is 6.71. The van der Waals surface area contributed by atoms with Gasteiger partial charge in [-0.1, -0.05) is 48.5 Å². The zero-order valence-corrected chi connectivity index (χ0v) is 15.8. The fraction of sp³-hybridized carbons (Fsp3) is 0.318. The normalized spacial score (nSPS) is 30.6. The summed E-state index contributed by atoms with van der Waals surface area (Å²) < 4.78 is 42.5. The first-order valence-electron chi connectivity index (χ1n) is 9.27. The van der Waals surface area contributed by atoms with Crippen LogP contribution in [0.5, 0.6) is 0 Å². The molecule has 0 saturated carbocycles. The summed E-state index contributed by atoms with van der Waals surface area (Å²) in [7, 11) is 1.40. The van der Waals surface area contributed by atoms with Gasteiger partial charge in [0.25, 0.3) is 0 Å². The van der Waals surface area contributed by atoms with Crippen LogP contribution >= 0.6 is 0 Å². The summed E-state index contributed by atoms with van der Waals surface area (Å²) in [4.78, 5) is 12.5. The van der Waals surface area contributed by atoms with Crippen LogP contribution in [0.1, 0.15) is 22.2 Å². The number of ether oxygens (including phenoxy) is 5. The van der Waals surface area contributed by atoms with Crippen molar-refractivity contribution < 1.29 is 32.9 Å². The van der Waals surface area contributed by atoms with Gasteiger partial charge in [-0.3, -0.25) is 0 Å². The van der Waals surface area contributed by atoms with Crippen LogP contribution < -0.4 is 0 Å². The van der Waals surface area contributed by atoms with Crippen molar-refractivity contribution in [3.63, 3.8) is 0 Å². The van der Waals surface area contributed by atoms with Gasteiger partial charge in [0, 0.05) is 18.2 Å². The van der Waals surface area contributed by atoms with E-state index in [1.807, 2.05) is 30.3 Å². The molecular weight excluding hydrogens is 379 g/mol. The van der Waals surface area contributed by atoms with Crippen LogP contribution in [0.15, 0.2) is 72.6 Å². The van der Waals surface area contributed by atoms with E-state index >= 15 is 0 Å². The Hall–Kier alpha value is -2.58. The van der Waals surface area contributed by atoms with E-state index in [9.17, 15) is 9.18 Å². The first-order chi connectivity index (χ1) is 14.2. The van der Waals surface area contributed by atoms with Crippen LogP contribution in [0, 0.1) is 0 Å². The fourth-order valence-corrected chi connectivity index (χ4v) is 3.47. The second-order valence-corrected chi connectivity index (χ2v) is 6.71. The molecule has 0 bridgehead atoms. The van der Waals surface area contributed by atoms with Gasteiger partial charge in [-0.2, -0.15) is 0 Å². The van der Waals surface area contributed by atoms with E-state index in [1.54, 1.807) is 30.3 Å². The number of benzene rings is 2. The molecule has 2 aromatic carbocycles. The van der Waals surface area contributed by atoms with Gasteiger partial charge < -0.3 is 23.7 Å². The fourth-order valence-electron chi connectivity index (χ4n) is 3.47. The lowest BCUT2D eigenvalue weighted by Crippen LogP contribution is -2.56. The van der Waals surface area contributed by atoms with E-state index in [0.29, 0.717) is 11.9 Å². The number of carbonyl (C=O) groups excluding carboxylic acids is 1. The Labute approximate surface area is 167 Å². The maximum atomic E-state index is 14.0. The number of hydrogen-bond acceptors (Lipinski definition) is 6. The van der Waals surface area contributed by atoms with E-state index in [2.05, 4.69) is 0 Å². The van der Waals surface area contributed by atoms with Gasteiger partial charge in [-0.15, -0.1) is 0 Å². The summed E-state index contributed by atoms with van der Waals surface area (Å²) in [5.41, 5.74) is 1.29. The van der Waals surface area contributed by atoms with Crippen molar-refractivity contribution in [2.24, 2.45) is 0 Å². The van der Waals surface area contributed by atoms with Crippen molar-refractivity contribution in [3.05, 3.63) is 83.7 Å². The van der Waals surface area contributed by atoms with E-state index in [4.69, 9.17) is 23.7 Å². The molecule has 1 unspecified atom stereocenters. The highest BCUT2D eigenvalue weighted by Gasteiger charge is 2.48. The minimum atomic E-state index is -1.09. The Morgan fingerprint density at radius 2 is 1.76 bits per heavy atom. The predicted molar refractivity (Wildman–Crippen MR) is 101 cm³/mol. The minimum absolute atomic E-state index is 0.140. The first kappa shape index (κ1) is 19.7. The Balaban J connectivity index is 1.56. The largest absolute Gasteiger partial charge is 0.449 e. The maximum Gasteiger partial charge on any atom is 0.338 e. The summed E-state index contributed by atoms with van der Waals surface area (Å²) in [6, 6.07) is 17.8. The van der Waals surface area contributed by atoms with Gasteiger partial charge in [0.15, 0.2) is 18.7 Å². The monoisotopic (exact) mass is 400 g/mol. The van der Waals surface area contributed by atoms with Crippen LogP contribution in [-0.4, -0.2) is 44.3 Å². The van der Waals surface area contributed by atoms with E-state index in [1.165, 1.54) is 7.11 Å². The number of carbonyl (C=O) groups is 1. The molecule has 0 amide bonds. The summed E-state index contributed by atoms with van der Waals surface area (Å²) in [6.45, 7) is 0.181. The van der Waals surface area contributed by atoms with Gasteiger partial charge in [-0.25, -0.2) is 9.18 Å². The molecule has 0 radical (unpaired) electrons. The Morgan fingerprint density at radius 1 is 1.07 bits per heavy atom. The first-order valence-corrected chi connectivity index (χ1v) is 9.27. The Bertz CT molecular complexity index is 856. The molecule has 5 atom stereocenters. The van der Waals surface area contributed by atoms with Crippen LogP contribution in [-0.2, 0) is 23.7 Å². The lowest BCUT2D eigenvalue weighted by atomic mass is 9.95. The van der Waals surface area contributed by atoms with Crippen molar-refractivity contribution in [1.82, 2.24) is 0 Å². The summed E-state index contributed by atoms with van der Waals surface area (Å²) in [5.74, 6) is -0.606. The molecule has 2 saturated heterocycles. The van der Waals surface area contributed by atoms with Crippen LogP contribution in [0.2, 0.25) is 0 Å². The molecule has 2 aliphatic heterocycles. The smallest absolute Gasteiger partial charge is 0.338 e.